The molecule has 0 amide bonds. The topological polar surface area (TPSA) is 61.0 Å². The Balaban J connectivity index is 2.04. The number of nitrogens with zero attached hydrogens (tertiary/aromatic N) is 2. The van der Waals surface area contributed by atoms with Gasteiger partial charge in [0, 0.05) is 17.7 Å². The number of hydrogen-bond donors (Lipinski definition) is 1. The van der Waals surface area contributed by atoms with Crippen molar-refractivity contribution in [2.45, 2.75) is 0 Å². The highest BCUT2D eigenvalue weighted by atomic mass is 19.1. The van der Waals surface area contributed by atoms with Crippen molar-refractivity contribution in [1.82, 2.24) is 9.97 Å². The predicted molar refractivity (Wildman–Crippen MR) is 71.2 cm³/mol. The van der Waals surface area contributed by atoms with Gasteiger partial charge in [-0.2, -0.15) is 0 Å². The maximum Gasteiger partial charge on any atom is 0.159 e. The average molecular weight is 277 g/mol. The Morgan fingerprint density at radius 2 is 1.85 bits per heavy atom. The molecule has 4 nitrogen and oxygen atoms in total. The van der Waals surface area contributed by atoms with E-state index < -0.39 is 0 Å². The Morgan fingerprint density at radius 1 is 1.20 bits per heavy atom. The van der Waals surface area contributed by atoms with Crippen molar-refractivity contribution < 1.29 is 13.5 Å². The van der Waals surface area contributed by atoms with Crippen molar-refractivity contribution in [1.29, 1.82) is 0 Å². The first-order chi connectivity index (χ1) is 9.72. The molecule has 1 heterocycles. The van der Waals surface area contributed by atoms with Crippen LogP contribution in [0.4, 0.5) is 8.78 Å². The molecule has 2 N–H and O–H groups in total. The van der Waals surface area contributed by atoms with Crippen molar-refractivity contribution in [2.24, 2.45) is 5.73 Å². The fourth-order valence-electron chi connectivity index (χ4n) is 1.45. The molecule has 2 aromatic rings. The van der Waals surface area contributed by atoms with Gasteiger partial charge in [-0.1, -0.05) is 0 Å². The smallest absolute Gasteiger partial charge is 0.159 e. The number of rotatable bonds is 5. The first kappa shape index (κ1) is 14.1. The third kappa shape index (κ3) is 3.58. The average Bonchev–Trinajstić information content (AvgIpc) is 2.50. The summed E-state index contributed by atoms with van der Waals surface area (Å²) < 4.78 is 30.4. The summed E-state index contributed by atoms with van der Waals surface area (Å²) in [7, 11) is 0. The molecule has 0 fully saturated rings. The van der Waals surface area contributed by atoms with Crippen LogP contribution in [0.1, 0.15) is 0 Å². The Morgan fingerprint density at radius 3 is 2.40 bits per heavy atom. The van der Waals surface area contributed by atoms with E-state index in [1.165, 1.54) is 24.5 Å². The SMILES string of the molecule is NC/C(=C/F)COc1cnc(-c2ccc(F)cc2)nc1. The summed E-state index contributed by atoms with van der Waals surface area (Å²) in [5.74, 6) is 0.544. The molecular formula is C14H13F2N3O. The fourth-order valence-corrected chi connectivity index (χ4v) is 1.45. The quantitative estimate of drug-likeness (QED) is 0.912. The van der Waals surface area contributed by atoms with Gasteiger partial charge in [0.25, 0.3) is 0 Å². The van der Waals surface area contributed by atoms with E-state index in [1.54, 1.807) is 12.1 Å². The van der Waals surface area contributed by atoms with Crippen LogP contribution in [0.5, 0.6) is 5.75 Å². The molecule has 0 aliphatic carbocycles. The zero-order chi connectivity index (χ0) is 14.4. The highest BCUT2D eigenvalue weighted by molar-refractivity contribution is 5.54. The number of nitrogens with two attached hydrogens (primary N) is 1. The van der Waals surface area contributed by atoms with Gasteiger partial charge in [0.15, 0.2) is 11.6 Å². The van der Waals surface area contributed by atoms with Crippen molar-refractivity contribution >= 4 is 0 Å². The monoisotopic (exact) mass is 277 g/mol. The minimum Gasteiger partial charge on any atom is -0.486 e. The molecule has 0 saturated carbocycles. The van der Waals surface area contributed by atoms with Gasteiger partial charge < -0.3 is 10.5 Å². The lowest BCUT2D eigenvalue weighted by molar-refractivity contribution is 0.344. The molecule has 6 heteroatoms. The third-order valence-electron chi connectivity index (χ3n) is 2.57. The van der Waals surface area contributed by atoms with Crippen LogP contribution >= 0.6 is 0 Å². The highest BCUT2D eigenvalue weighted by Gasteiger charge is 2.03. The molecule has 2 rings (SSSR count). The molecule has 0 unspecified atom stereocenters. The molecule has 1 aromatic carbocycles. The van der Waals surface area contributed by atoms with E-state index in [2.05, 4.69) is 9.97 Å². The van der Waals surface area contributed by atoms with Crippen LogP contribution in [0.25, 0.3) is 11.4 Å². The Kier molecular flexibility index (Phi) is 4.73. The van der Waals surface area contributed by atoms with Gasteiger partial charge in [-0.25, -0.2) is 18.7 Å². The van der Waals surface area contributed by atoms with E-state index in [9.17, 15) is 8.78 Å². The lowest BCUT2D eigenvalue weighted by atomic mass is 10.2. The van der Waals surface area contributed by atoms with Crippen molar-refractivity contribution in [3.05, 3.63) is 54.4 Å². The molecule has 0 bridgehead atoms. The van der Waals surface area contributed by atoms with E-state index >= 15 is 0 Å². The fraction of sp³-hybridized carbons (Fsp3) is 0.143. The van der Waals surface area contributed by atoms with Crippen molar-refractivity contribution in [3.8, 4) is 17.1 Å². The van der Waals surface area contributed by atoms with Crippen molar-refractivity contribution in [3.63, 3.8) is 0 Å². The molecular weight excluding hydrogens is 264 g/mol. The number of halogens is 2. The van der Waals surface area contributed by atoms with Gasteiger partial charge >= 0.3 is 0 Å². The first-order valence-corrected chi connectivity index (χ1v) is 5.92. The highest BCUT2D eigenvalue weighted by Crippen LogP contribution is 2.17. The zero-order valence-electron chi connectivity index (χ0n) is 10.6. The van der Waals surface area contributed by atoms with Gasteiger partial charge in [-0.15, -0.1) is 0 Å². The van der Waals surface area contributed by atoms with Crippen molar-refractivity contribution in [2.75, 3.05) is 13.2 Å². The summed E-state index contributed by atoms with van der Waals surface area (Å²) >= 11 is 0. The van der Waals surface area contributed by atoms with Gasteiger partial charge in [0.2, 0.25) is 0 Å². The molecule has 104 valence electrons. The van der Waals surface area contributed by atoms with Crippen LogP contribution in [-0.4, -0.2) is 23.1 Å². The second-order valence-corrected chi connectivity index (χ2v) is 4.01. The maximum atomic E-state index is 12.8. The van der Waals surface area contributed by atoms with E-state index in [0.717, 1.165) is 0 Å². The number of benzene rings is 1. The van der Waals surface area contributed by atoms with Crippen LogP contribution in [0.2, 0.25) is 0 Å². The van der Waals surface area contributed by atoms with Crippen LogP contribution in [0.15, 0.2) is 48.6 Å². The predicted octanol–water partition coefficient (Wildman–Crippen LogP) is 2.47. The third-order valence-corrected chi connectivity index (χ3v) is 2.57. The summed E-state index contributed by atoms with van der Waals surface area (Å²) in [4.78, 5) is 8.21. The minimum absolute atomic E-state index is 0.0479. The molecule has 0 spiro atoms. The normalized spacial score (nSPS) is 11.4. The number of hydrogen-bond acceptors (Lipinski definition) is 4. The van der Waals surface area contributed by atoms with Gasteiger partial charge in [-0.3, -0.25) is 0 Å². The lowest BCUT2D eigenvalue weighted by Crippen LogP contribution is -2.11. The summed E-state index contributed by atoms with van der Waals surface area (Å²) in [6.07, 6.45) is 3.36. The van der Waals surface area contributed by atoms with Crippen LogP contribution < -0.4 is 10.5 Å². The lowest BCUT2D eigenvalue weighted by Gasteiger charge is -2.07. The van der Waals surface area contributed by atoms with Gasteiger partial charge in [-0.05, 0) is 24.3 Å². The molecule has 1 aromatic heterocycles. The molecule has 20 heavy (non-hydrogen) atoms. The van der Waals surface area contributed by atoms with E-state index in [-0.39, 0.29) is 19.0 Å². The van der Waals surface area contributed by atoms with Gasteiger partial charge in [0.05, 0.1) is 18.7 Å². The Labute approximate surface area is 114 Å². The Hall–Kier alpha value is -2.34. The molecule has 0 saturated heterocycles. The minimum atomic E-state index is -0.318. The van der Waals surface area contributed by atoms with E-state index in [4.69, 9.17) is 10.5 Å². The molecule has 0 aliphatic rings. The maximum absolute atomic E-state index is 12.8. The zero-order valence-corrected chi connectivity index (χ0v) is 10.6. The largest absolute Gasteiger partial charge is 0.486 e. The summed E-state index contributed by atoms with van der Waals surface area (Å²) in [6.45, 7) is 0.136. The summed E-state index contributed by atoms with van der Waals surface area (Å²) in [5.41, 5.74) is 6.35. The Bertz CT molecular complexity index is 582. The molecule has 0 atom stereocenters. The molecule has 0 aliphatic heterocycles. The number of aromatic nitrogens is 2. The van der Waals surface area contributed by atoms with Crippen LogP contribution in [0.3, 0.4) is 0 Å². The molecule has 0 radical (unpaired) electrons. The van der Waals surface area contributed by atoms with E-state index in [0.29, 0.717) is 29.0 Å². The van der Waals surface area contributed by atoms with Crippen LogP contribution in [-0.2, 0) is 0 Å². The number of ether oxygens (including phenoxy) is 1. The second kappa shape index (κ2) is 6.72. The summed E-state index contributed by atoms with van der Waals surface area (Å²) in [5, 5.41) is 0. The summed E-state index contributed by atoms with van der Waals surface area (Å²) in [6, 6.07) is 5.85. The second-order valence-electron chi connectivity index (χ2n) is 4.01. The van der Waals surface area contributed by atoms with E-state index in [1.807, 2.05) is 0 Å². The van der Waals surface area contributed by atoms with Crippen LogP contribution in [0, 0.1) is 5.82 Å². The standard InChI is InChI=1S/C14H13F2N3O/c15-5-10(6-17)9-20-13-7-18-14(19-8-13)11-1-3-12(16)4-2-11/h1-5,7-8H,6,9,17H2/b10-5-. The first-order valence-electron chi connectivity index (χ1n) is 5.92. The van der Waals surface area contributed by atoms with Gasteiger partial charge in [0.1, 0.15) is 12.4 Å².